The van der Waals surface area contributed by atoms with Crippen LogP contribution < -0.4 is 11.1 Å². The number of furan rings is 1. The Bertz CT molecular complexity index is 785. The van der Waals surface area contributed by atoms with Crippen LogP contribution in [0.2, 0.25) is 5.28 Å². The summed E-state index contributed by atoms with van der Waals surface area (Å²) in [7, 11) is 0. The second-order valence-corrected chi connectivity index (χ2v) is 7.29. The molecule has 0 aliphatic heterocycles. The number of nitrogens with two attached hydrogens (primary N) is 1. The molecule has 0 aliphatic carbocycles. The molecule has 3 N–H and O–H groups in total. The molecule has 3 aromatic rings. The molecule has 7 heteroatoms. The SMILES string of the molecule is CC(C)C(N)Cc1cc2nc(Cl)nc(NCc3ccco3)c2s1. The van der Waals surface area contributed by atoms with E-state index in [2.05, 4.69) is 29.1 Å². The van der Waals surface area contributed by atoms with Crippen molar-refractivity contribution in [3.63, 3.8) is 0 Å². The second-order valence-electron chi connectivity index (χ2n) is 5.81. The molecule has 23 heavy (non-hydrogen) atoms. The van der Waals surface area contributed by atoms with Crippen molar-refractivity contribution in [1.82, 2.24) is 9.97 Å². The van der Waals surface area contributed by atoms with E-state index in [1.807, 2.05) is 18.2 Å². The van der Waals surface area contributed by atoms with Crippen LogP contribution >= 0.6 is 22.9 Å². The van der Waals surface area contributed by atoms with Crippen LogP contribution in [0.25, 0.3) is 10.2 Å². The predicted octanol–water partition coefficient (Wildman–Crippen LogP) is 4.08. The van der Waals surface area contributed by atoms with Gasteiger partial charge in [0.05, 0.1) is 23.0 Å². The van der Waals surface area contributed by atoms with E-state index >= 15 is 0 Å². The summed E-state index contributed by atoms with van der Waals surface area (Å²) < 4.78 is 6.32. The van der Waals surface area contributed by atoms with Crippen LogP contribution in [0.15, 0.2) is 28.9 Å². The zero-order chi connectivity index (χ0) is 16.4. The van der Waals surface area contributed by atoms with Crippen molar-refractivity contribution < 1.29 is 4.42 Å². The van der Waals surface area contributed by atoms with E-state index in [1.165, 1.54) is 4.88 Å². The van der Waals surface area contributed by atoms with Crippen LogP contribution in [0, 0.1) is 5.92 Å². The van der Waals surface area contributed by atoms with E-state index in [0.717, 1.165) is 28.2 Å². The van der Waals surface area contributed by atoms with Gasteiger partial charge in [-0.05, 0) is 42.1 Å². The highest BCUT2D eigenvalue weighted by Crippen LogP contribution is 2.32. The van der Waals surface area contributed by atoms with Crippen LogP contribution in [0.1, 0.15) is 24.5 Å². The van der Waals surface area contributed by atoms with Crippen molar-refractivity contribution in [2.75, 3.05) is 5.32 Å². The van der Waals surface area contributed by atoms with Gasteiger partial charge in [0.1, 0.15) is 11.6 Å². The van der Waals surface area contributed by atoms with Crippen molar-refractivity contribution in [2.45, 2.75) is 32.9 Å². The number of anilines is 1. The van der Waals surface area contributed by atoms with Gasteiger partial charge in [0, 0.05) is 10.9 Å². The fourth-order valence-electron chi connectivity index (χ4n) is 2.22. The lowest BCUT2D eigenvalue weighted by molar-refractivity contribution is 0.493. The average Bonchev–Trinajstić information content (AvgIpc) is 3.13. The Morgan fingerprint density at radius 1 is 1.39 bits per heavy atom. The Hall–Kier alpha value is -1.63. The Labute approximate surface area is 143 Å². The van der Waals surface area contributed by atoms with Gasteiger partial charge in [-0.15, -0.1) is 11.3 Å². The molecule has 0 bridgehead atoms. The van der Waals surface area contributed by atoms with Gasteiger partial charge in [-0.25, -0.2) is 4.98 Å². The number of nitrogens with zero attached hydrogens (tertiary/aromatic N) is 2. The van der Waals surface area contributed by atoms with Gasteiger partial charge in [0.2, 0.25) is 5.28 Å². The summed E-state index contributed by atoms with van der Waals surface area (Å²) in [6.45, 7) is 4.81. The molecular weight excluding hydrogens is 332 g/mol. The minimum Gasteiger partial charge on any atom is -0.467 e. The third-order valence-electron chi connectivity index (χ3n) is 3.70. The molecule has 0 aromatic carbocycles. The number of hydrogen-bond donors (Lipinski definition) is 2. The standard InChI is InChI=1S/C16H19ClN4OS/c1-9(2)12(18)6-11-7-13-14(23-11)15(21-16(17)20-13)19-8-10-4-3-5-22-10/h3-5,7,9,12H,6,8,18H2,1-2H3,(H,19,20,21). The minimum absolute atomic E-state index is 0.131. The molecule has 3 rings (SSSR count). The van der Waals surface area contributed by atoms with Crippen molar-refractivity contribution >= 4 is 39.0 Å². The summed E-state index contributed by atoms with van der Waals surface area (Å²) in [6.07, 6.45) is 2.48. The number of fused-ring (bicyclic) bond motifs is 1. The van der Waals surface area contributed by atoms with Crippen LogP contribution in [0.4, 0.5) is 5.82 Å². The highest BCUT2D eigenvalue weighted by atomic mass is 35.5. The highest BCUT2D eigenvalue weighted by Gasteiger charge is 2.15. The number of thiophene rings is 1. The Morgan fingerprint density at radius 2 is 2.22 bits per heavy atom. The molecular formula is C16H19ClN4OS. The summed E-state index contributed by atoms with van der Waals surface area (Å²) in [6, 6.07) is 5.95. The molecule has 0 amide bonds. The normalized spacial score (nSPS) is 12.9. The summed E-state index contributed by atoms with van der Waals surface area (Å²) in [5, 5.41) is 3.50. The number of rotatable bonds is 6. The summed E-state index contributed by atoms with van der Waals surface area (Å²) in [5.41, 5.74) is 7.03. The molecule has 0 spiro atoms. The maximum atomic E-state index is 6.18. The quantitative estimate of drug-likeness (QED) is 0.655. The first kappa shape index (κ1) is 16.2. The van der Waals surface area contributed by atoms with Gasteiger partial charge in [0.15, 0.2) is 0 Å². The maximum absolute atomic E-state index is 6.18. The van der Waals surface area contributed by atoms with E-state index in [4.69, 9.17) is 21.8 Å². The number of aromatic nitrogens is 2. The minimum atomic E-state index is 0.131. The van der Waals surface area contributed by atoms with Gasteiger partial charge < -0.3 is 15.5 Å². The summed E-state index contributed by atoms with van der Waals surface area (Å²) in [5.74, 6) is 2.00. The number of hydrogen-bond acceptors (Lipinski definition) is 6. The third-order valence-corrected chi connectivity index (χ3v) is 5.02. The highest BCUT2D eigenvalue weighted by molar-refractivity contribution is 7.19. The first-order valence-electron chi connectivity index (χ1n) is 7.50. The lowest BCUT2D eigenvalue weighted by Gasteiger charge is -2.13. The smallest absolute Gasteiger partial charge is 0.224 e. The van der Waals surface area contributed by atoms with Gasteiger partial charge in [-0.3, -0.25) is 0 Å². The molecule has 0 saturated carbocycles. The van der Waals surface area contributed by atoms with Crippen LogP contribution in [-0.2, 0) is 13.0 Å². The fourth-order valence-corrected chi connectivity index (χ4v) is 3.53. The van der Waals surface area contributed by atoms with Crippen molar-refractivity contribution in [3.8, 4) is 0 Å². The first-order valence-corrected chi connectivity index (χ1v) is 8.70. The van der Waals surface area contributed by atoms with Crippen molar-refractivity contribution in [2.24, 2.45) is 11.7 Å². The third kappa shape index (κ3) is 3.83. The zero-order valence-electron chi connectivity index (χ0n) is 13.0. The molecule has 0 fully saturated rings. The van der Waals surface area contributed by atoms with Gasteiger partial charge in [-0.1, -0.05) is 13.8 Å². The number of nitrogens with one attached hydrogen (secondary N) is 1. The van der Waals surface area contributed by atoms with Crippen molar-refractivity contribution in [3.05, 3.63) is 40.4 Å². The van der Waals surface area contributed by atoms with Gasteiger partial charge in [0.25, 0.3) is 0 Å². The second kappa shape index (κ2) is 6.86. The lowest BCUT2D eigenvalue weighted by atomic mass is 10.0. The molecule has 0 saturated heterocycles. The monoisotopic (exact) mass is 350 g/mol. The van der Waals surface area contributed by atoms with Crippen LogP contribution in [0.5, 0.6) is 0 Å². The molecule has 1 atom stereocenters. The Balaban J connectivity index is 1.86. The Kier molecular flexibility index (Phi) is 4.84. The lowest BCUT2D eigenvalue weighted by Crippen LogP contribution is -2.28. The molecule has 0 radical (unpaired) electrons. The van der Waals surface area contributed by atoms with E-state index < -0.39 is 0 Å². The van der Waals surface area contributed by atoms with Crippen LogP contribution in [0.3, 0.4) is 0 Å². The molecule has 3 heterocycles. The van der Waals surface area contributed by atoms with E-state index in [1.54, 1.807) is 17.6 Å². The fraction of sp³-hybridized carbons (Fsp3) is 0.375. The maximum Gasteiger partial charge on any atom is 0.224 e. The molecule has 5 nitrogen and oxygen atoms in total. The summed E-state index contributed by atoms with van der Waals surface area (Å²) in [4.78, 5) is 9.82. The van der Waals surface area contributed by atoms with Gasteiger partial charge in [-0.2, -0.15) is 4.98 Å². The molecule has 3 aromatic heterocycles. The summed E-state index contributed by atoms with van der Waals surface area (Å²) >= 11 is 7.70. The molecule has 1 unspecified atom stereocenters. The Morgan fingerprint density at radius 3 is 2.91 bits per heavy atom. The molecule has 122 valence electrons. The number of halogens is 1. The van der Waals surface area contributed by atoms with E-state index in [0.29, 0.717) is 12.5 Å². The predicted molar refractivity (Wildman–Crippen MR) is 95.0 cm³/mol. The zero-order valence-corrected chi connectivity index (χ0v) is 14.6. The largest absolute Gasteiger partial charge is 0.467 e. The molecule has 0 aliphatic rings. The topological polar surface area (TPSA) is 77.0 Å². The van der Waals surface area contributed by atoms with Gasteiger partial charge >= 0.3 is 0 Å². The van der Waals surface area contributed by atoms with E-state index in [-0.39, 0.29) is 11.3 Å². The van der Waals surface area contributed by atoms with Crippen molar-refractivity contribution in [1.29, 1.82) is 0 Å². The van der Waals surface area contributed by atoms with E-state index in [9.17, 15) is 0 Å². The van der Waals surface area contributed by atoms with Crippen LogP contribution in [-0.4, -0.2) is 16.0 Å². The first-order chi connectivity index (χ1) is 11.0. The average molecular weight is 351 g/mol.